The maximum Gasteiger partial charge on any atom is 0.129 e. The third-order valence-electron chi connectivity index (χ3n) is 9.27. The quantitative estimate of drug-likeness (QED) is 0.194. The third kappa shape index (κ3) is 4.13. The van der Waals surface area contributed by atoms with Gasteiger partial charge in [0.05, 0.1) is 22.7 Å². The maximum atomic E-state index is 14.8. The van der Waals surface area contributed by atoms with Crippen molar-refractivity contribution >= 4 is 45.3 Å². The van der Waals surface area contributed by atoms with Gasteiger partial charge in [-0.1, -0.05) is 72.8 Å². The Bertz CT molecular complexity index is 1940. The van der Waals surface area contributed by atoms with Gasteiger partial charge in [0.15, 0.2) is 0 Å². The number of halogens is 2. The molecule has 46 heavy (non-hydrogen) atoms. The van der Waals surface area contributed by atoms with Crippen LogP contribution in [0.3, 0.4) is 0 Å². The van der Waals surface area contributed by atoms with Gasteiger partial charge in [0.1, 0.15) is 11.6 Å². The molecular weight excluding hydrogens is 570 g/mol. The van der Waals surface area contributed by atoms with Crippen molar-refractivity contribution in [2.45, 2.75) is 27.7 Å². The number of fused-ring (bicyclic) bond motifs is 4. The molecule has 0 spiro atoms. The van der Waals surface area contributed by atoms with Gasteiger partial charge >= 0.3 is 0 Å². The van der Waals surface area contributed by atoms with Crippen LogP contribution in [0.1, 0.15) is 44.5 Å². The van der Waals surface area contributed by atoms with Crippen molar-refractivity contribution in [3.05, 3.63) is 177 Å². The van der Waals surface area contributed by atoms with Gasteiger partial charge in [0, 0.05) is 44.8 Å². The van der Waals surface area contributed by atoms with E-state index in [9.17, 15) is 8.78 Å². The van der Waals surface area contributed by atoms with E-state index in [1.165, 1.54) is 0 Å². The summed E-state index contributed by atoms with van der Waals surface area (Å²) in [7, 11) is 0. The van der Waals surface area contributed by atoms with Crippen molar-refractivity contribution in [3.63, 3.8) is 0 Å². The van der Waals surface area contributed by atoms with E-state index in [-0.39, 0.29) is 11.6 Å². The summed E-state index contributed by atoms with van der Waals surface area (Å²) in [5.74, 6) is -0.340. The van der Waals surface area contributed by atoms with Gasteiger partial charge in [0.25, 0.3) is 0 Å². The van der Waals surface area contributed by atoms with E-state index in [1.54, 1.807) is 0 Å². The molecule has 2 aliphatic heterocycles. The highest BCUT2D eigenvalue weighted by Gasteiger charge is 2.35. The first-order chi connectivity index (χ1) is 22.3. The predicted octanol–water partition coefficient (Wildman–Crippen LogP) is 11.8. The van der Waals surface area contributed by atoms with Gasteiger partial charge in [-0.25, -0.2) is 8.78 Å². The van der Waals surface area contributed by atoms with Crippen LogP contribution in [0.4, 0.5) is 42.9 Å². The van der Waals surface area contributed by atoms with Crippen LogP contribution in [0, 0.1) is 39.3 Å². The fraction of sp³-hybridized carbons (Fsp3) is 0.0952. The molecule has 0 aliphatic carbocycles. The first kappa shape index (κ1) is 28.0. The number of aryl methyl sites for hydroxylation is 4. The summed E-state index contributed by atoms with van der Waals surface area (Å²) in [5, 5.41) is 0. The second-order valence-electron chi connectivity index (χ2n) is 12.3. The molecule has 0 atom stereocenters. The van der Waals surface area contributed by atoms with Crippen molar-refractivity contribution in [1.82, 2.24) is 0 Å². The van der Waals surface area contributed by atoms with Crippen molar-refractivity contribution in [2.75, 3.05) is 9.80 Å². The highest BCUT2D eigenvalue weighted by Crippen LogP contribution is 2.56. The molecule has 4 heteroatoms. The Morgan fingerprint density at radius 1 is 0.370 bits per heavy atom. The minimum Gasteiger partial charge on any atom is -0.309 e. The molecule has 6 aromatic carbocycles. The van der Waals surface area contributed by atoms with E-state index in [0.717, 1.165) is 67.5 Å². The minimum absolute atomic E-state index is 0.170. The Labute approximate surface area is 268 Å². The lowest BCUT2D eigenvalue weighted by atomic mass is 9.79. The van der Waals surface area contributed by atoms with Crippen LogP contribution in [-0.2, 0) is 0 Å². The number of anilines is 6. The van der Waals surface area contributed by atoms with E-state index in [4.69, 9.17) is 0 Å². The van der Waals surface area contributed by atoms with E-state index in [1.807, 2.05) is 52.0 Å². The summed E-state index contributed by atoms with van der Waals surface area (Å²) in [5.41, 5.74) is 15.2. The average Bonchev–Trinajstić information content (AvgIpc) is 3.07. The molecule has 0 aromatic heterocycles. The first-order valence-electron chi connectivity index (χ1n) is 15.6. The smallest absolute Gasteiger partial charge is 0.129 e. The number of rotatable bonds is 2. The second kappa shape index (κ2) is 10.6. The second-order valence-corrected chi connectivity index (χ2v) is 12.3. The zero-order valence-corrected chi connectivity index (χ0v) is 26.2. The normalized spacial score (nSPS) is 13.3. The summed E-state index contributed by atoms with van der Waals surface area (Å²) < 4.78 is 29.7. The van der Waals surface area contributed by atoms with Gasteiger partial charge < -0.3 is 9.80 Å². The molecule has 224 valence electrons. The Morgan fingerprint density at radius 3 is 0.870 bits per heavy atom. The monoisotopic (exact) mass is 602 g/mol. The van der Waals surface area contributed by atoms with Gasteiger partial charge in [-0.15, -0.1) is 0 Å². The number of nitrogens with zero attached hydrogens (tertiary/aromatic N) is 2. The Morgan fingerprint density at radius 2 is 0.609 bits per heavy atom. The van der Waals surface area contributed by atoms with E-state index < -0.39 is 0 Å². The SMILES string of the molecule is Cc1cc(N2c3ccccc3C(=C3c4ccccc4N(c4cc(C)c(F)c(C)c4)c4ccccc43)c3ccccc32)cc(C)c1F. The highest BCUT2D eigenvalue weighted by atomic mass is 19.1. The van der Waals surface area contributed by atoms with E-state index in [2.05, 4.69) is 107 Å². The fourth-order valence-corrected chi connectivity index (χ4v) is 7.27. The number of hydrogen-bond donors (Lipinski definition) is 0. The van der Waals surface area contributed by atoms with Crippen LogP contribution >= 0.6 is 0 Å². The zero-order chi connectivity index (χ0) is 31.7. The van der Waals surface area contributed by atoms with Crippen LogP contribution in [0.15, 0.2) is 121 Å². The third-order valence-corrected chi connectivity index (χ3v) is 9.27. The lowest BCUT2D eigenvalue weighted by Gasteiger charge is -2.39. The molecule has 0 saturated heterocycles. The van der Waals surface area contributed by atoms with Crippen LogP contribution in [-0.4, -0.2) is 0 Å². The van der Waals surface area contributed by atoms with Crippen LogP contribution in [0.2, 0.25) is 0 Å². The lowest BCUT2D eigenvalue weighted by molar-refractivity contribution is 0.609. The molecule has 0 amide bonds. The summed E-state index contributed by atoms with van der Waals surface area (Å²) in [6.45, 7) is 7.30. The Kier molecular flexibility index (Phi) is 6.43. The number of benzene rings is 6. The minimum atomic E-state index is -0.170. The molecule has 0 bridgehead atoms. The zero-order valence-electron chi connectivity index (χ0n) is 26.2. The van der Waals surface area contributed by atoms with E-state index >= 15 is 0 Å². The standard InChI is InChI=1S/C42H32F2N2/c1-25-21-29(22-26(2)41(25)43)45-35-17-9-5-13-31(35)39(32-14-6-10-18-36(32)45)40-33-15-7-11-19-37(33)46(38-20-12-8-16-34(38)40)30-23-27(3)42(44)28(4)24-30/h5-24H,1-4H3. The summed E-state index contributed by atoms with van der Waals surface area (Å²) in [6, 6.07) is 41.7. The van der Waals surface area contributed by atoms with Crippen LogP contribution in [0.5, 0.6) is 0 Å². The van der Waals surface area contributed by atoms with Crippen molar-refractivity contribution in [3.8, 4) is 0 Å². The predicted molar refractivity (Wildman–Crippen MR) is 186 cm³/mol. The molecule has 2 aliphatic rings. The Hall–Kier alpha value is -5.48. The molecule has 0 radical (unpaired) electrons. The molecule has 2 heterocycles. The van der Waals surface area contributed by atoms with Crippen molar-refractivity contribution in [2.24, 2.45) is 0 Å². The number of hydrogen-bond acceptors (Lipinski definition) is 2. The molecular formula is C42H32F2N2. The topological polar surface area (TPSA) is 6.48 Å². The maximum absolute atomic E-state index is 14.8. The van der Waals surface area contributed by atoms with Gasteiger partial charge in [-0.2, -0.15) is 0 Å². The largest absolute Gasteiger partial charge is 0.309 e. The number of para-hydroxylation sites is 4. The van der Waals surface area contributed by atoms with Crippen LogP contribution < -0.4 is 9.80 Å². The fourth-order valence-electron chi connectivity index (χ4n) is 7.27. The summed E-state index contributed by atoms with van der Waals surface area (Å²) >= 11 is 0. The van der Waals surface area contributed by atoms with Gasteiger partial charge in [-0.3, -0.25) is 0 Å². The summed E-state index contributed by atoms with van der Waals surface area (Å²) in [4.78, 5) is 4.51. The molecule has 0 unspecified atom stereocenters. The Balaban J connectivity index is 1.46. The van der Waals surface area contributed by atoms with E-state index in [0.29, 0.717) is 22.3 Å². The molecule has 0 fully saturated rings. The molecule has 0 saturated carbocycles. The molecule has 8 rings (SSSR count). The molecule has 6 aromatic rings. The van der Waals surface area contributed by atoms with Gasteiger partial charge in [0.2, 0.25) is 0 Å². The van der Waals surface area contributed by atoms with Crippen LogP contribution in [0.25, 0.3) is 11.1 Å². The van der Waals surface area contributed by atoms with Crippen molar-refractivity contribution < 1.29 is 8.78 Å². The van der Waals surface area contributed by atoms with Crippen molar-refractivity contribution in [1.29, 1.82) is 0 Å². The first-order valence-corrected chi connectivity index (χ1v) is 15.6. The summed E-state index contributed by atoms with van der Waals surface area (Å²) in [6.07, 6.45) is 0. The molecule has 0 N–H and O–H groups in total. The lowest BCUT2D eigenvalue weighted by Crippen LogP contribution is -2.22. The van der Waals surface area contributed by atoms with Gasteiger partial charge in [-0.05, 0) is 98.5 Å². The molecule has 2 nitrogen and oxygen atoms in total. The highest BCUT2D eigenvalue weighted by molar-refractivity contribution is 6.17. The average molecular weight is 603 g/mol.